The number of fused-ring (bicyclic) bond motifs is 1. The molecule has 1 heterocycles. The van der Waals surface area contributed by atoms with Crippen molar-refractivity contribution in [3.05, 3.63) is 40.2 Å². The van der Waals surface area contributed by atoms with Crippen LogP contribution < -0.4 is 15.6 Å². The van der Waals surface area contributed by atoms with Crippen molar-refractivity contribution in [2.45, 2.75) is 51.1 Å². The number of pyridine rings is 1. The minimum atomic E-state index is -0.211. The molecule has 1 aromatic carbocycles. The Morgan fingerprint density at radius 2 is 2.07 bits per heavy atom. The van der Waals surface area contributed by atoms with Gasteiger partial charge in [-0.1, -0.05) is 19.3 Å². The number of aliphatic hydroxyl groups is 1. The van der Waals surface area contributed by atoms with Gasteiger partial charge >= 0.3 is 6.03 Å². The lowest BCUT2D eigenvalue weighted by Crippen LogP contribution is -2.46. The number of benzene rings is 1. The highest BCUT2D eigenvalue weighted by atomic mass is 16.5. The van der Waals surface area contributed by atoms with E-state index in [1.54, 1.807) is 30.2 Å². The number of H-pyrrole nitrogens is 1. The van der Waals surface area contributed by atoms with Crippen molar-refractivity contribution in [2.75, 3.05) is 20.3 Å². The van der Waals surface area contributed by atoms with Crippen molar-refractivity contribution in [1.82, 2.24) is 15.2 Å². The first-order valence-corrected chi connectivity index (χ1v) is 9.97. The second kappa shape index (κ2) is 9.59. The lowest BCUT2D eigenvalue weighted by Gasteiger charge is -2.28. The number of urea groups is 1. The molecule has 7 nitrogen and oxygen atoms in total. The minimum absolute atomic E-state index is 0.00150. The Hall–Kier alpha value is -2.54. The molecule has 0 saturated heterocycles. The summed E-state index contributed by atoms with van der Waals surface area (Å²) in [6.07, 6.45) is 5.95. The van der Waals surface area contributed by atoms with Crippen molar-refractivity contribution >= 4 is 16.9 Å². The largest absolute Gasteiger partial charge is 0.497 e. The molecule has 0 radical (unpaired) electrons. The molecule has 0 aliphatic heterocycles. The maximum Gasteiger partial charge on any atom is 0.317 e. The predicted octanol–water partition coefficient (Wildman–Crippen LogP) is 2.76. The molecule has 0 bridgehead atoms. The monoisotopic (exact) mass is 387 g/mol. The van der Waals surface area contributed by atoms with Gasteiger partial charge in [-0.15, -0.1) is 0 Å². The zero-order valence-corrected chi connectivity index (χ0v) is 16.4. The van der Waals surface area contributed by atoms with Crippen molar-refractivity contribution in [3.63, 3.8) is 0 Å². The fraction of sp³-hybridized carbons (Fsp3) is 0.524. The van der Waals surface area contributed by atoms with E-state index in [0.717, 1.165) is 36.6 Å². The van der Waals surface area contributed by atoms with Crippen molar-refractivity contribution in [3.8, 4) is 5.75 Å². The molecule has 1 aliphatic carbocycles. The Morgan fingerprint density at radius 3 is 2.79 bits per heavy atom. The van der Waals surface area contributed by atoms with Crippen molar-refractivity contribution < 1.29 is 14.6 Å². The van der Waals surface area contributed by atoms with E-state index in [1.807, 2.05) is 6.07 Å². The van der Waals surface area contributed by atoms with Gasteiger partial charge in [0.05, 0.1) is 13.7 Å². The topological polar surface area (TPSA) is 94.7 Å². The third-order valence-corrected chi connectivity index (χ3v) is 5.30. The van der Waals surface area contributed by atoms with E-state index < -0.39 is 0 Å². The molecule has 1 saturated carbocycles. The summed E-state index contributed by atoms with van der Waals surface area (Å²) in [5.74, 6) is 0.706. The molecule has 0 spiro atoms. The maximum absolute atomic E-state index is 12.8. The second-order valence-electron chi connectivity index (χ2n) is 7.36. The number of aromatic amines is 1. The molecule has 1 aromatic heterocycles. The highest BCUT2D eigenvalue weighted by molar-refractivity contribution is 5.81. The van der Waals surface area contributed by atoms with E-state index >= 15 is 0 Å². The van der Waals surface area contributed by atoms with Crippen LogP contribution in [0.3, 0.4) is 0 Å². The lowest BCUT2D eigenvalue weighted by molar-refractivity contribution is 0.179. The van der Waals surface area contributed by atoms with Gasteiger partial charge in [-0.3, -0.25) is 4.79 Å². The molecule has 152 valence electrons. The van der Waals surface area contributed by atoms with E-state index in [4.69, 9.17) is 4.74 Å². The number of aromatic nitrogens is 1. The highest BCUT2D eigenvalue weighted by Gasteiger charge is 2.21. The number of carbonyl (C=O) groups is 1. The third kappa shape index (κ3) is 5.04. The summed E-state index contributed by atoms with van der Waals surface area (Å²) in [7, 11) is 1.60. The summed E-state index contributed by atoms with van der Waals surface area (Å²) in [5, 5.41) is 13.1. The SMILES string of the molecule is COc1ccc2[nH]c(=O)c(CN(CCCO)C(=O)NC3CCCCC3)cc2c1. The molecule has 0 atom stereocenters. The molecule has 2 aromatic rings. The second-order valence-corrected chi connectivity index (χ2v) is 7.36. The van der Waals surface area contributed by atoms with Gasteiger partial charge in [0.2, 0.25) is 0 Å². The van der Waals surface area contributed by atoms with E-state index in [2.05, 4.69) is 10.3 Å². The van der Waals surface area contributed by atoms with Gasteiger partial charge in [-0.2, -0.15) is 0 Å². The number of hydrogen-bond acceptors (Lipinski definition) is 4. The van der Waals surface area contributed by atoms with Crippen LogP contribution in [0.4, 0.5) is 4.79 Å². The molecule has 28 heavy (non-hydrogen) atoms. The Balaban J connectivity index is 1.79. The maximum atomic E-state index is 12.8. The molecule has 2 amide bonds. The number of aliphatic hydroxyl groups excluding tert-OH is 1. The Bertz CT molecular complexity index is 858. The fourth-order valence-corrected chi connectivity index (χ4v) is 3.71. The quantitative estimate of drug-likeness (QED) is 0.681. The Labute approximate surface area is 164 Å². The highest BCUT2D eigenvalue weighted by Crippen LogP contribution is 2.20. The molecule has 0 unspecified atom stereocenters. The molecular formula is C21H29N3O4. The summed E-state index contributed by atoms with van der Waals surface area (Å²) in [6, 6.07) is 7.27. The van der Waals surface area contributed by atoms with Crippen LogP contribution in [0.1, 0.15) is 44.1 Å². The van der Waals surface area contributed by atoms with Gasteiger partial charge in [0, 0.05) is 35.7 Å². The van der Waals surface area contributed by atoms with Gasteiger partial charge in [0.25, 0.3) is 5.56 Å². The smallest absolute Gasteiger partial charge is 0.317 e. The van der Waals surface area contributed by atoms with E-state index in [1.165, 1.54) is 6.42 Å². The van der Waals surface area contributed by atoms with Crippen LogP contribution in [-0.4, -0.2) is 47.3 Å². The summed E-state index contributed by atoms with van der Waals surface area (Å²) in [4.78, 5) is 29.8. The zero-order chi connectivity index (χ0) is 19.9. The summed E-state index contributed by atoms with van der Waals surface area (Å²) < 4.78 is 5.26. The number of amides is 2. The average Bonchev–Trinajstić information content (AvgIpc) is 2.71. The van der Waals surface area contributed by atoms with E-state index in [0.29, 0.717) is 24.3 Å². The lowest BCUT2D eigenvalue weighted by atomic mass is 9.96. The van der Waals surface area contributed by atoms with Crippen LogP contribution in [0.15, 0.2) is 29.1 Å². The normalized spacial score (nSPS) is 14.8. The molecule has 7 heteroatoms. The van der Waals surface area contributed by atoms with Gasteiger partial charge in [0.1, 0.15) is 5.75 Å². The Kier molecular flexibility index (Phi) is 6.92. The number of nitrogens with zero attached hydrogens (tertiary/aromatic N) is 1. The number of rotatable bonds is 7. The van der Waals surface area contributed by atoms with Crippen LogP contribution in [0.25, 0.3) is 10.9 Å². The number of methoxy groups -OCH3 is 1. The van der Waals surface area contributed by atoms with Crippen LogP contribution in [0.5, 0.6) is 5.75 Å². The standard InChI is InChI=1S/C21H29N3O4/c1-28-18-8-9-19-15(13-18)12-16(20(26)23-19)14-24(10-5-11-25)21(27)22-17-6-3-2-4-7-17/h8-9,12-13,17,25H,2-7,10-11,14H2,1H3,(H,22,27)(H,23,26). The van der Waals surface area contributed by atoms with Crippen molar-refractivity contribution in [1.29, 1.82) is 0 Å². The van der Waals surface area contributed by atoms with Gasteiger partial charge < -0.3 is 25.0 Å². The first-order chi connectivity index (χ1) is 13.6. The number of hydrogen-bond donors (Lipinski definition) is 3. The van der Waals surface area contributed by atoms with Crippen molar-refractivity contribution in [2.24, 2.45) is 0 Å². The first-order valence-electron chi connectivity index (χ1n) is 9.97. The minimum Gasteiger partial charge on any atom is -0.497 e. The average molecular weight is 387 g/mol. The number of ether oxygens (including phenoxy) is 1. The molecular weight excluding hydrogens is 358 g/mol. The van der Waals surface area contributed by atoms with Crippen LogP contribution >= 0.6 is 0 Å². The molecule has 1 aliphatic rings. The van der Waals surface area contributed by atoms with Crippen LogP contribution in [0.2, 0.25) is 0 Å². The van der Waals surface area contributed by atoms with E-state index in [9.17, 15) is 14.7 Å². The van der Waals surface area contributed by atoms with Crippen LogP contribution in [0, 0.1) is 0 Å². The van der Waals surface area contributed by atoms with Gasteiger partial charge in [-0.25, -0.2) is 4.79 Å². The fourth-order valence-electron chi connectivity index (χ4n) is 3.71. The molecule has 3 N–H and O–H groups in total. The molecule has 1 fully saturated rings. The summed E-state index contributed by atoms with van der Waals surface area (Å²) >= 11 is 0. The molecule has 3 rings (SSSR count). The Morgan fingerprint density at radius 1 is 1.29 bits per heavy atom. The summed E-state index contributed by atoms with van der Waals surface area (Å²) in [6.45, 7) is 0.587. The zero-order valence-electron chi connectivity index (χ0n) is 16.4. The van der Waals surface area contributed by atoms with Gasteiger partial charge in [0.15, 0.2) is 0 Å². The third-order valence-electron chi connectivity index (χ3n) is 5.30. The van der Waals surface area contributed by atoms with Gasteiger partial charge in [-0.05, 0) is 43.5 Å². The number of carbonyl (C=O) groups excluding carboxylic acids is 1. The van der Waals surface area contributed by atoms with E-state index in [-0.39, 0.29) is 30.8 Å². The summed E-state index contributed by atoms with van der Waals surface area (Å²) in [5.41, 5.74) is 1.03. The first kappa shape index (κ1) is 20.2. The number of nitrogens with one attached hydrogen (secondary N) is 2. The van der Waals surface area contributed by atoms with Crippen LogP contribution in [-0.2, 0) is 6.54 Å². The predicted molar refractivity (Wildman–Crippen MR) is 109 cm³/mol.